The van der Waals surface area contributed by atoms with Crippen molar-refractivity contribution in [3.8, 4) is 0 Å². The Balaban J connectivity index is -0.000000124. The van der Waals surface area contributed by atoms with Crippen LogP contribution in [0.3, 0.4) is 0 Å². The van der Waals surface area contributed by atoms with Gasteiger partial charge in [-0.05, 0) is 60.0 Å². The van der Waals surface area contributed by atoms with Gasteiger partial charge < -0.3 is 79.2 Å². The van der Waals surface area contributed by atoms with Crippen LogP contribution in [0.4, 0.5) is 0 Å². The van der Waals surface area contributed by atoms with Crippen molar-refractivity contribution in [3.05, 3.63) is 0 Å². The van der Waals surface area contributed by atoms with E-state index < -0.39 is 59.4 Å². The number of unbranched alkanes of at least 4 members (excludes halogenated alkanes) is 6. The number of carbonyl (C=O) groups is 1. The number of carboxylic acid groups (broad SMARTS) is 1. The Morgan fingerprint density at radius 1 is 0.589 bits per heavy atom. The monoisotopic (exact) mass is 1250 g/mol. The molecule has 0 aromatic heterocycles. The van der Waals surface area contributed by atoms with E-state index >= 15 is 0 Å². The molecule has 0 fully saturated rings. The average Bonchev–Trinajstić information content (AvgIpc) is 3.00. The smallest absolute Gasteiger partial charge is 0.870 e. The van der Waals surface area contributed by atoms with Crippen molar-refractivity contribution < 1.29 is 155 Å². The Kier molecular flexibility index (Phi) is 52.3. The van der Waals surface area contributed by atoms with Crippen molar-refractivity contribution in [2.45, 2.75) is 108 Å². The molecule has 0 amide bonds. The molecule has 2 unspecified atom stereocenters. The van der Waals surface area contributed by atoms with Gasteiger partial charge in [-0.3, -0.25) is 18.5 Å². The van der Waals surface area contributed by atoms with Gasteiger partial charge in [0.15, 0.2) is 7.60 Å². The molecule has 0 saturated heterocycles. The summed E-state index contributed by atoms with van der Waals surface area (Å²) in [6.45, 7) is 9.06. The molecule has 11 N–H and O–H groups in total. The van der Waals surface area contributed by atoms with Crippen molar-refractivity contribution in [3.63, 3.8) is 0 Å². The zero-order valence-electron chi connectivity index (χ0n) is 33.9. The van der Waals surface area contributed by atoms with Crippen LogP contribution in [-0.4, -0.2) is 146 Å². The summed E-state index contributed by atoms with van der Waals surface area (Å²) in [5.74, 6) is -0.711. The van der Waals surface area contributed by atoms with Crippen LogP contribution in [0.5, 0.6) is 0 Å². The van der Waals surface area contributed by atoms with Crippen LogP contribution in [0.25, 0.3) is 0 Å². The van der Waals surface area contributed by atoms with Gasteiger partial charge in [-0.1, -0.05) is 59.3 Å². The summed E-state index contributed by atoms with van der Waals surface area (Å²) < 4.78 is 44.3. The topological polar surface area (TPSA) is 350 Å². The van der Waals surface area contributed by atoms with E-state index in [-0.39, 0.29) is 84.1 Å². The molecule has 0 radical (unpaired) electrons. The van der Waals surface area contributed by atoms with Gasteiger partial charge in [0.25, 0.3) is 5.08 Å². The third-order valence-corrected chi connectivity index (χ3v) is 15.3. The van der Waals surface area contributed by atoms with Gasteiger partial charge in [0.2, 0.25) is 5.08 Å². The minimum atomic E-state index is -5.58. The Hall–Kier alpha value is 4.02. The minimum Gasteiger partial charge on any atom is -0.870 e. The summed E-state index contributed by atoms with van der Waals surface area (Å²) in [4.78, 5) is 89.0. The summed E-state index contributed by atoms with van der Waals surface area (Å²) in [5.41, 5.74) is 0. The first-order valence-electron chi connectivity index (χ1n) is 16.8. The van der Waals surface area contributed by atoms with Gasteiger partial charge in [-0.25, -0.2) is 0 Å². The molecule has 0 spiro atoms. The fourth-order valence-electron chi connectivity index (χ4n) is 4.11. The van der Waals surface area contributed by atoms with E-state index in [4.69, 9.17) is 39.4 Å². The predicted octanol–water partition coefficient (Wildman–Crippen LogP) is -5.44. The fraction of sp³-hybridized carbons (Fsp3) is 0.963. The summed E-state index contributed by atoms with van der Waals surface area (Å²) in [5, 5.41) is 20.9. The Labute approximate surface area is 407 Å². The number of hydrogen-bond donors (Lipinski definition) is 10. The predicted molar refractivity (Wildman–Crippen MR) is 218 cm³/mol. The summed E-state index contributed by atoms with van der Waals surface area (Å²) in [6, 6.07) is 0. The molecule has 0 aliphatic heterocycles. The maximum atomic E-state index is 11.1. The van der Waals surface area contributed by atoms with Gasteiger partial charge in [-0.15, -0.1) is 0 Å². The Morgan fingerprint density at radius 3 is 1.05 bits per heavy atom. The second kappa shape index (κ2) is 39.4. The van der Waals surface area contributed by atoms with Crippen LogP contribution in [0.1, 0.15) is 97.8 Å². The zero-order chi connectivity index (χ0) is 42.7. The molecule has 0 bridgehead atoms. The Morgan fingerprint density at radius 2 is 0.839 bits per heavy atom. The van der Waals surface area contributed by atoms with Crippen molar-refractivity contribution in [2.75, 3.05) is 60.4 Å². The van der Waals surface area contributed by atoms with E-state index in [1.807, 2.05) is 20.9 Å². The molecule has 0 aromatic carbocycles. The van der Waals surface area contributed by atoms with Gasteiger partial charge in [0.05, 0.1) is 6.42 Å². The molecule has 20 nitrogen and oxygen atoms in total. The van der Waals surface area contributed by atoms with Gasteiger partial charge in [0.1, 0.15) is 0 Å². The number of hydrogen-bond acceptors (Lipinski definition) is 12. The first-order valence-corrected chi connectivity index (χ1v) is 35.8. The molecule has 0 aliphatic rings. The second-order valence-electron chi connectivity index (χ2n) is 12.4. The average molecular weight is 1250 g/mol. The number of nitrogens with zero attached hydrogens (tertiary/aromatic N) is 3. The second-order valence-corrected chi connectivity index (χ2v) is 36.6. The van der Waals surface area contributed by atoms with Crippen LogP contribution >= 0.6 is 67.6 Å². The maximum absolute atomic E-state index is 11.1. The SMILES string of the molecule is CCCCCN(C)CCC(=O)O.CCCCCN(C)CCC(O)(P(=O)(O)O)P(=O)(O)O.CCCCCN(C)CCC(O)(P(=O)([O-])O)P(=O)(O)O.I[I-]I.[Na+].[Na+].[OH-]. The van der Waals surface area contributed by atoms with Crippen LogP contribution < -0.4 is 77.3 Å². The normalized spacial score (nSPS) is 13.9. The van der Waals surface area contributed by atoms with Crippen molar-refractivity contribution >= 4 is 73.6 Å². The molecule has 0 heterocycles. The van der Waals surface area contributed by atoms with Gasteiger partial charge >= 0.3 is 138 Å². The zero-order valence-corrected chi connectivity index (χ0v) is 47.9. The molecular weight excluding hydrogens is 1190 g/mol. The standard InChI is InChI=1S/2C9H23NO7P2.C9H19NO2.I3.2Na.H2O/c2*1-3-4-5-7-10(2)8-6-9(11,18(12,13)14)19(15,16)17;1-3-4-5-7-10(2)8-6-9(11)12;1-3-2;;;/h2*11H,3-8H2,1-2H3,(H2,12,13,14)(H2,15,16,17);3-8H2,1-2H3,(H,11,12);;;;1H2/q;;;-1;2*+1;/p-2. The molecule has 29 heteroatoms. The van der Waals surface area contributed by atoms with Crippen molar-refractivity contribution in [1.82, 2.24) is 14.7 Å². The minimum absolute atomic E-state index is 0. The van der Waals surface area contributed by atoms with E-state index in [1.54, 1.807) is 23.9 Å². The van der Waals surface area contributed by atoms with Crippen molar-refractivity contribution in [1.29, 1.82) is 0 Å². The summed E-state index contributed by atoms with van der Waals surface area (Å²) in [7, 11) is -16.4. The summed E-state index contributed by atoms with van der Waals surface area (Å²) >= 11 is 5.30. The summed E-state index contributed by atoms with van der Waals surface area (Å²) in [6.07, 6.45) is 8.15. The molecule has 56 heavy (non-hydrogen) atoms. The molecule has 0 rings (SSSR count). The third kappa shape index (κ3) is 36.4. The Bertz CT molecular complexity index is 1040. The fourth-order valence-corrected chi connectivity index (χ4v) is 8.34. The quantitative estimate of drug-likeness (QED) is 0.0176. The van der Waals surface area contributed by atoms with Gasteiger partial charge in [0, 0.05) is 32.5 Å². The molecular formula is C27H65I3N3Na2O17P4-. The molecule has 0 aliphatic carbocycles. The van der Waals surface area contributed by atoms with Crippen LogP contribution in [0.15, 0.2) is 0 Å². The first kappa shape index (κ1) is 74.4. The number of halogens is 3. The number of aliphatic hydroxyl groups is 2. The maximum Gasteiger partial charge on any atom is 1.00 e. The number of aliphatic carboxylic acids is 1. The van der Waals surface area contributed by atoms with E-state index in [0.29, 0.717) is 32.9 Å². The molecule has 2 atom stereocenters. The van der Waals surface area contributed by atoms with Crippen LogP contribution in [-0.2, 0) is 23.1 Å². The number of carboxylic acids is 1. The van der Waals surface area contributed by atoms with Crippen LogP contribution in [0.2, 0.25) is 0 Å². The molecule has 0 saturated carbocycles. The van der Waals surface area contributed by atoms with E-state index in [1.165, 1.54) is 19.3 Å². The molecule has 0 aromatic rings. The third-order valence-electron chi connectivity index (χ3n) is 7.65. The van der Waals surface area contributed by atoms with E-state index in [2.05, 4.69) is 49.1 Å². The van der Waals surface area contributed by atoms with Crippen molar-refractivity contribution in [2.24, 2.45) is 0 Å². The number of rotatable bonds is 25. The van der Waals surface area contributed by atoms with Crippen LogP contribution in [0, 0.1) is 0 Å². The van der Waals surface area contributed by atoms with E-state index in [9.17, 15) is 38.2 Å². The van der Waals surface area contributed by atoms with E-state index in [0.717, 1.165) is 45.1 Å². The molecule has 334 valence electrons. The largest absolute Gasteiger partial charge is 1.00 e. The van der Waals surface area contributed by atoms with Gasteiger partial charge in [-0.2, -0.15) is 0 Å². The first-order chi connectivity index (χ1) is 24.0.